The summed E-state index contributed by atoms with van der Waals surface area (Å²) in [6, 6.07) is 9.28. The van der Waals surface area contributed by atoms with Crippen molar-refractivity contribution < 1.29 is 17.9 Å². The summed E-state index contributed by atoms with van der Waals surface area (Å²) in [6.45, 7) is -0.404. The lowest BCUT2D eigenvalue weighted by Gasteiger charge is -2.13. The van der Waals surface area contributed by atoms with E-state index in [2.05, 4.69) is 5.32 Å². The van der Waals surface area contributed by atoms with E-state index in [0.717, 1.165) is 11.0 Å². The molecule has 18 heavy (non-hydrogen) atoms. The molecule has 0 saturated heterocycles. The van der Waals surface area contributed by atoms with Crippen molar-refractivity contribution in [2.24, 2.45) is 0 Å². The number of likely N-dealkylation sites (N-methyl/N-ethyl adjacent to an activating group) is 1. The highest BCUT2D eigenvalue weighted by molar-refractivity contribution is 5.77. The Labute approximate surface area is 104 Å². The van der Waals surface area contributed by atoms with Crippen molar-refractivity contribution in [2.45, 2.75) is 12.5 Å². The summed E-state index contributed by atoms with van der Waals surface area (Å²) < 4.78 is 34.6. The monoisotopic (exact) mass is 255 g/mol. The molecule has 98 valence electrons. The van der Waals surface area contributed by atoms with Gasteiger partial charge in [-0.05, 0) is 19.2 Å². The highest BCUT2D eigenvalue weighted by Gasteiger charge is 2.15. The lowest BCUT2D eigenvalue weighted by Crippen LogP contribution is -2.22. The second kappa shape index (κ2) is 5.93. The third-order valence-electron chi connectivity index (χ3n) is 2.66. The summed E-state index contributed by atoms with van der Waals surface area (Å²) in [5, 5.41) is 3.98. The molecule has 1 atom stereocenters. The second-order valence-corrected chi connectivity index (χ2v) is 3.96. The maximum Gasteiger partial charge on any atom is 0.261 e. The van der Waals surface area contributed by atoms with Crippen molar-refractivity contribution in [3.63, 3.8) is 0 Å². The molecule has 0 radical (unpaired) electrons. The standard InChI is InChI=1S/C13H15F2NO2/c1-16-10(7-17-8-13(14)15)12-6-9-4-2-3-5-11(9)18-12/h2-6,10,13,16H,7-8H2,1H3. The van der Waals surface area contributed by atoms with Crippen LogP contribution in [-0.4, -0.2) is 26.7 Å². The molecule has 0 aliphatic carbocycles. The van der Waals surface area contributed by atoms with Gasteiger partial charge in [0.1, 0.15) is 18.0 Å². The maximum atomic E-state index is 12.0. The number of fused-ring (bicyclic) bond motifs is 1. The molecule has 0 bridgehead atoms. The Morgan fingerprint density at radius 2 is 2.06 bits per heavy atom. The first-order valence-electron chi connectivity index (χ1n) is 5.72. The van der Waals surface area contributed by atoms with Crippen LogP contribution in [-0.2, 0) is 4.74 Å². The van der Waals surface area contributed by atoms with Gasteiger partial charge in [-0.2, -0.15) is 0 Å². The molecule has 0 aliphatic heterocycles. The van der Waals surface area contributed by atoms with E-state index in [1.54, 1.807) is 7.05 Å². The minimum Gasteiger partial charge on any atom is -0.459 e. The summed E-state index contributed by atoms with van der Waals surface area (Å²) in [7, 11) is 1.74. The molecule has 1 unspecified atom stereocenters. The Morgan fingerprint density at radius 1 is 1.28 bits per heavy atom. The Hall–Kier alpha value is -1.46. The molecule has 0 saturated carbocycles. The lowest BCUT2D eigenvalue weighted by molar-refractivity contribution is 0.00811. The van der Waals surface area contributed by atoms with Crippen LogP contribution in [0, 0.1) is 0 Å². The van der Waals surface area contributed by atoms with E-state index in [9.17, 15) is 8.78 Å². The van der Waals surface area contributed by atoms with Crippen LogP contribution in [0.25, 0.3) is 11.0 Å². The van der Waals surface area contributed by atoms with E-state index < -0.39 is 13.0 Å². The second-order valence-electron chi connectivity index (χ2n) is 3.96. The van der Waals surface area contributed by atoms with Gasteiger partial charge in [-0.15, -0.1) is 0 Å². The zero-order chi connectivity index (χ0) is 13.0. The van der Waals surface area contributed by atoms with Gasteiger partial charge in [0.05, 0.1) is 12.6 Å². The summed E-state index contributed by atoms with van der Waals surface area (Å²) in [6.07, 6.45) is -2.45. The Bertz CT molecular complexity index is 465. The van der Waals surface area contributed by atoms with E-state index in [4.69, 9.17) is 9.15 Å². The molecule has 2 aromatic rings. The SMILES string of the molecule is CNC(COCC(F)F)c1cc2ccccc2o1. The summed E-state index contributed by atoms with van der Waals surface area (Å²) in [5.74, 6) is 0.688. The number of alkyl halides is 2. The first-order chi connectivity index (χ1) is 8.70. The first-order valence-corrected chi connectivity index (χ1v) is 5.72. The van der Waals surface area contributed by atoms with E-state index in [1.165, 1.54) is 0 Å². The van der Waals surface area contributed by atoms with Crippen molar-refractivity contribution in [1.82, 2.24) is 5.32 Å². The quantitative estimate of drug-likeness (QED) is 0.861. The number of rotatable bonds is 6. The molecule has 3 nitrogen and oxygen atoms in total. The number of hydrogen-bond acceptors (Lipinski definition) is 3. The van der Waals surface area contributed by atoms with Crippen LogP contribution in [0.3, 0.4) is 0 Å². The van der Waals surface area contributed by atoms with Crippen LogP contribution in [0.4, 0.5) is 8.78 Å². The summed E-state index contributed by atoms with van der Waals surface area (Å²) in [4.78, 5) is 0. The fourth-order valence-corrected chi connectivity index (χ4v) is 1.76. The van der Waals surface area contributed by atoms with Crippen molar-refractivity contribution in [2.75, 3.05) is 20.3 Å². The van der Waals surface area contributed by atoms with E-state index >= 15 is 0 Å². The average molecular weight is 255 g/mol. The molecule has 1 aromatic carbocycles. The predicted octanol–water partition coefficient (Wildman–Crippen LogP) is 2.98. The zero-order valence-corrected chi connectivity index (χ0v) is 10.0. The minimum absolute atomic E-state index is 0.153. The largest absolute Gasteiger partial charge is 0.459 e. The Balaban J connectivity index is 2.07. The maximum absolute atomic E-state index is 12.0. The van der Waals surface area contributed by atoms with E-state index in [0.29, 0.717) is 5.76 Å². The molecule has 1 heterocycles. The van der Waals surface area contributed by atoms with Gasteiger partial charge in [0, 0.05) is 5.39 Å². The lowest BCUT2D eigenvalue weighted by atomic mass is 10.2. The first kappa shape index (κ1) is 13.0. The van der Waals surface area contributed by atoms with Crippen LogP contribution >= 0.6 is 0 Å². The third-order valence-corrected chi connectivity index (χ3v) is 2.66. The molecule has 0 fully saturated rings. The van der Waals surface area contributed by atoms with Gasteiger partial charge >= 0.3 is 0 Å². The number of nitrogens with one attached hydrogen (secondary N) is 1. The summed E-state index contributed by atoms with van der Waals surface area (Å²) >= 11 is 0. The van der Waals surface area contributed by atoms with Gasteiger partial charge in [-0.25, -0.2) is 8.78 Å². The van der Waals surface area contributed by atoms with Crippen LogP contribution in [0.5, 0.6) is 0 Å². The number of benzene rings is 1. The number of para-hydroxylation sites is 1. The Kier molecular flexibility index (Phi) is 4.28. The number of halogens is 2. The fraction of sp³-hybridized carbons (Fsp3) is 0.385. The minimum atomic E-state index is -2.45. The molecule has 1 aromatic heterocycles. The van der Waals surface area contributed by atoms with Gasteiger partial charge in [0.25, 0.3) is 6.43 Å². The van der Waals surface area contributed by atoms with Gasteiger partial charge in [-0.1, -0.05) is 18.2 Å². The van der Waals surface area contributed by atoms with Crippen molar-refractivity contribution in [3.8, 4) is 0 Å². The fourth-order valence-electron chi connectivity index (χ4n) is 1.76. The van der Waals surface area contributed by atoms with Crippen molar-refractivity contribution in [3.05, 3.63) is 36.1 Å². The average Bonchev–Trinajstić information content (AvgIpc) is 2.77. The van der Waals surface area contributed by atoms with Crippen LogP contribution in [0.2, 0.25) is 0 Å². The Morgan fingerprint density at radius 3 is 2.72 bits per heavy atom. The molecular weight excluding hydrogens is 240 g/mol. The van der Waals surface area contributed by atoms with Crippen LogP contribution < -0.4 is 5.32 Å². The summed E-state index contributed by atoms with van der Waals surface area (Å²) in [5.41, 5.74) is 0.779. The van der Waals surface area contributed by atoms with E-state index in [-0.39, 0.29) is 12.6 Å². The van der Waals surface area contributed by atoms with Crippen molar-refractivity contribution in [1.29, 1.82) is 0 Å². The van der Waals surface area contributed by atoms with Crippen molar-refractivity contribution >= 4 is 11.0 Å². The zero-order valence-electron chi connectivity index (χ0n) is 10.0. The number of ether oxygens (including phenoxy) is 1. The smallest absolute Gasteiger partial charge is 0.261 e. The molecule has 0 spiro atoms. The molecule has 2 rings (SSSR count). The topological polar surface area (TPSA) is 34.4 Å². The normalized spacial score (nSPS) is 13.3. The predicted molar refractivity (Wildman–Crippen MR) is 64.8 cm³/mol. The van der Waals surface area contributed by atoms with E-state index in [1.807, 2.05) is 30.3 Å². The highest BCUT2D eigenvalue weighted by atomic mass is 19.3. The number of hydrogen-bond donors (Lipinski definition) is 1. The third kappa shape index (κ3) is 3.05. The van der Waals surface area contributed by atoms with Gasteiger partial charge in [0.2, 0.25) is 0 Å². The molecule has 1 N–H and O–H groups in total. The van der Waals surface area contributed by atoms with Gasteiger partial charge in [0.15, 0.2) is 0 Å². The molecule has 0 amide bonds. The highest BCUT2D eigenvalue weighted by Crippen LogP contribution is 2.23. The van der Waals surface area contributed by atoms with Gasteiger partial charge < -0.3 is 14.5 Å². The van der Waals surface area contributed by atoms with Gasteiger partial charge in [-0.3, -0.25) is 0 Å². The molecule has 0 aliphatic rings. The molecule has 5 heteroatoms. The number of furan rings is 1. The van der Waals surface area contributed by atoms with Crippen LogP contribution in [0.1, 0.15) is 11.8 Å². The molecular formula is C13H15F2NO2. The van der Waals surface area contributed by atoms with Crippen LogP contribution in [0.15, 0.2) is 34.7 Å².